The average molecular weight is 288 g/mol. The lowest BCUT2D eigenvalue weighted by Gasteiger charge is -2.22. The van der Waals surface area contributed by atoms with E-state index in [0.29, 0.717) is 16.8 Å². The van der Waals surface area contributed by atoms with Crippen LogP contribution >= 0.6 is 15.9 Å². The average Bonchev–Trinajstić information content (AvgIpc) is 2.21. The van der Waals surface area contributed by atoms with Gasteiger partial charge in [0.25, 0.3) is 5.56 Å². The van der Waals surface area contributed by atoms with Crippen LogP contribution in [-0.4, -0.2) is 29.4 Å². The van der Waals surface area contributed by atoms with Crippen molar-refractivity contribution in [3.63, 3.8) is 0 Å². The molecule has 0 aliphatic carbocycles. The molecule has 0 fully saturated rings. The molecule has 0 aliphatic heterocycles. The van der Waals surface area contributed by atoms with E-state index in [2.05, 4.69) is 25.9 Å². The number of rotatable bonds is 4. The van der Waals surface area contributed by atoms with Crippen molar-refractivity contribution >= 4 is 27.6 Å². The number of H-pyrrole nitrogens is 1. The van der Waals surface area contributed by atoms with Gasteiger partial charge >= 0.3 is 0 Å². The fourth-order valence-corrected chi connectivity index (χ4v) is 1.75. The van der Waals surface area contributed by atoms with Crippen molar-refractivity contribution in [3.05, 3.63) is 21.2 Å². The topological polar surface area (TPSA) is 98.9 Å². The number of aromatic amines is 1. The molecular weight excluding hydrogens is 274 g/mol. The molecule has 88 valence electrons. The quantitative estimate of drug-likeness (QED) is 0.556. The van der Waals surface area contributed by atoms with Gasteiger partial charge < -0.3 is 15.6 Å². The van der Waals surface area contributed by atoms with Gasteiger partial charge in [-0.3, -0.25) is 10.2 Å². The molecule has 1 rings (SSSR count). The van der Waals surface area contributed by atoms with Gasteiger partial charge in [-0.1, -0.05) is 6.92 Å². The first-order chi connectivity index (χ1) is 7.43. The summed E-state index contributed by atoms with van der Waals surface area (Å²) in [7, 11) is 1.80. The van der Waals surface area contributed by atoms with E-state index in [4.69, 9.17) is 11.1 Å². The largest absolute Gasteiger partial charge is 0.387 e. The Morgan fingerprint density at radius 1 is 1.81 bits per heavy atom. The molecule has 16 heavy (non-hydrogen) atoms. The summed E-state index contributed by atoms with van der Waals surface area (Å²) in [6.07, 6.45) is 1.34. The Balaban J connectivity index is 2.89. The van der Waals surface area contributed by atoms with E-state index in [-0.39, 0.29) is 17.3 Å². The smallest absolute Gasteiger partial charge is 0.267 e. The summed E-state index contributed by atoms with van der Waals surface area (Å²) in [4.78, 5) is 19.6. The molecule has 7 heteroatoms. The summed E-state index contributed by atoms with van der Waals surface area (Å²) in [6.45, 7) is 2.38. The Labute approximate surface area is 102 Å². The first kappa shape index (κ1) is 12.7. The first-order valence-electron chi connectivity index (χ1n) is 4.71. The van der Waals surface area contributed by atoms with Gasteiger partial charge in [0.1, 0.15) is 10.3 Å². The van der Waals surface area contributed by atoms with Crippen LogP contribution in [0.1, 0.15) is 6.92 Å². The molecule has 0 amide bonds. The van der Waals surface area contributed by atoms with Crippen LogP contribution in [0.15, 0.2) is 15.6 Å². The van der Waals surface area contributed by atoms with Crippen LogP contribution in [0.3, 0.4) is 0 Å². The Bertz CT molecular complexity index is 444. The van der Waals surface area contributed by atoms with Gasteiger partial charge in [-0.15, -0.1) is 0 Å². The third-order valence-corrected chi connectivity index (χ3v) is 2.93. The maximum absolute atomic E-state index is 11.3. The normalized spacial score (nSPS) is 12.2. The molecule has 1 unspecified atom stereocenters. The van der Waals surface area contributed by atoms with Crippen molar-refractivity contribution in [2.75, 3.05) is 18.5 Å². The predicted octanol–water partition coefficient (Wildman–Crippen LogP) is 0.541. The number of hydrogen-bond donors (Lipinski definition) is 3. The number of anilines is 1. The SMILES string of the molecule is CC(CN(C)c1nc[nH]c(=O)c1Br)C(=N)N. The van der Waals surface area contributed by atoms with E-state index < -0.39 is 0 Å². The highest BCUT2D eigenvalue weighted by Crippen LogP contribution is 2.18. The second-order valence-corrected chi connectivity index (χ2v) is 4.40. The van der Waals surface area contributed by atoms with Crippen LogP contribution < -0.4 is 16.2 Å². The number of nitrogens with zero attached hydrogens (tertiary/aromatic N) is 2. The van der Waals surface area contributed by atoms with Crippen molar-refractivity contribution in [2.45, 2.75) is 6.92 Å². The van der Waals surface area contributed by atoms with Crippen LogP contribution in [0, 0.1) is 11.3 Å². The van der Waals surface area contributed by atoms with E-state index in [1.54, 1.807) is 11.9 Å². The second-order valence-electron chi connectivity index (χ2n) is 3.61. The number of halogens is 1. The van der Waals surface area contributed by atoms with Gasteiger partial charge in [-0.05, 0) is 15.9 Å². The van der Waals surface area contributed by atoms with Crippen LogP contribution in [0.4, 0.5) is 5.82 Å². The monoisotopic (exact) mass is 287 g/mol. The van der Waals surface area contributed by atoms with Gasteiger partial charge in [0.15, 0.2) is 0 Å². The van der Waals surface area contributed by atoms with Gasteiger partial charge in [0, 0.05) is 19.5 Å². The highest BCUT2D eigenvalue weighted by Gasteiger charge is 2.14. The van der Waals surface area contributed by atoms with Crippen LogP contribution in [0.25, 0.3) is 0 Å². The van der Waals surface area contributed by atoms with Crippen molar-refractivity contribution < 1.29 is 0 Å². The number of hydrogen-bond acceptors (Lipinski definition) is 4. The predicted molar refractivity (Wildman–Crippen MR) is 66.9 cm³/mol. The van der Waals surface area contributed by atoms with Crippen LogP contribution in [-0.2, 0) is 0 Å². The molecule has 0 bridgehead atoms. The molecular formula is C9H14BrN5O. The van der Waals surface area contributed by atoms with Crippen LogP contribution in [0.5, 0.6) is 0 Å². The molecule has 0 spiro atoms. The second kappa shape index (κ2) is 5.11. The fourth-order valence-electron chi connectivity index (χ4n) is 1.24. The zero-order chi connectivity index (χ0) is 12.3. The summed E-state index contributed by atoms with van der Waals surface area (Å²) in [5.74, 6) is 0.572. The van der Waals surface area contributed by atoms with Gasteiger partial charge in [0.2, 0.25) is 0 Å². The molecule has 6 nitrogen and oxygen atoms in total. The Morgan fingerprint density at radius 3 is 3.00 bits per heavy atom. The molecule has 0 aliphatic rings. The molecule has 0 radical (unpaired) electrons. The van der Waals surface area contributed by atoms with E-state index in [1.807, 2.05) is 6.92 Å². The van der Waals surface area contributed by atoms with E-state index in [1.165, 1.54) is 6.33 Å². The maximum Gasteiger partial charge on any atom is 0.267 e. The van der Waals surface area contributed by atoms with Gasteiger partial charge in [-0.2, -0.15) is 0 Å². The third-order valence-electron chi connectivity index (χ3n) is 2.22. The lowest BCUT2D eigenvalue weighted by Crippen LogP contribution is -2.33. The van der Waals surface area contributed by atoms with E-state index in [0.717, 1.165) is 0 Å². The summed E-state index contributed by atoms with van der Waals surface area (Å²) >= 11 is 3.17. The van der Waals surface area contributed by atoms with Gasteiger partial charge in [-0.25, -0.2) is 4.98 Å². The standard InChI is InChI=1S/C9H14BrN5O/c1-5(7(11)12)3-15(2)8-6(10)9(16)14-4-13-8/h4-5H,3H2,1-2H3,(H3,11,12)(H,13,14,16). The molecule has 1 aromatic rings. The number of nitrogens with one attached hydrogen (secondary N) is 2. The molecule has 0 aromatic carbocycles. The number of aromatic nitrogens is 2. The minimum absolute atomic E-state index is 0.0852. The Kier molecular flexibility index (Phi) is 4.05. The Hall–Kier alpha value is -1.37. The minimum atomic E-state index is -0.229. The molecule has 1 aromatic heterocycles. The summed E-state index contributed by atoms with van der Waals surface area (Å²) in [5.41, 5.74) is 5.16. The molecule has 0 saturated heterocycles. The van der Waals surface area contributed by atoms with Gasteiger partial charge in [0.05, 0.1) is 12.2 Å². The number of nitrogens with two attached hydrogens (primary N) is 1. The third kappa shape index (κ3) is 2.82. The highest BCUT2D eigenvalue weighted by molar-refractivity contribution is 9.10. The minimum Gasteiger partial charge on any atom is -0.387 e. The summed E-state index contributed by atoms with van der Waals surface area (Å²) < 4.78 is 0.383. The van der Waals surface area contributed by atoms with E-state index in [9.17, 15) is 4.79 Å². The van der Waals surface area contributed by atoms with Crippen molar-refractivity contribution in [3.8, 4) is 0 Å². The Morgan fingerprint density at radius 2 is 2.44 bits per heavy atom. The molecule has 4 N–H and O–H groups in total. The summed E-state index contributed by atoms with van der Waals surface area (Å²) in [5, 5.41) is 7.30. The molecule has 1 heterocycles. The van der Waals surface area contributed by atoms with Crippen molar-refractivity contribution in [2.24, 2.45) is 11.7 Å². The summed E-state index contributed by atoms with van der Waals surface area (Å²) in [6, 6.07) is 0. The first-order valence-corrected chi connectivity index (χ1v) is 5.51. The van der Waals surface area contributed by atoms with Crippen molar-refractivity contribution in [1.82, 2.24) is 9.97 Å². The number of amidine groups is 1. The zero-order valence-electron chi connectivity index (χ0n) is 9.12. The highest BCUT2D eigenvalue weighted by atomic mass is 79.9. The van der Waals surface area contributed by atoms with Crippen molar-refractivity contribution in [1.29, 1.82) is 5.41 Å². The lowest BCUT2D eigenvalue weighted by atomic mass is 10.1. The van der Waals surface area contributed by atoms with Crippen LogP contribution in [0.2, 0.25) is 0 Å². The van der Waals surface area contributed by atoms with E-state index >= 15 is 0 Å². The lowest BCUT2D eigenvalue weighted by molar-refractivity contribution is 0.719. The molecule has 1 atom stereocenters. The molecule has 0 saturated carbocycles. The zero-order valence-corrected chi connectivity index (χ0v) is 10.7. The maximum atomic E-state index is 11.3. The fraction of sp³-hybridized carbons (Fsp3) is 0.444.